The minimum Gasteiger partial charge on any atom is -0.379 e. The van der Waals surface area contributed by atoms with E-state index in [1.807, 2.05) is 7.05 Å². The third kappa shape index (κ3) is 4.32. The maximum Gasteiger partial charge on any atom is 0.293 e. The van der Waals surface area contributed by atoms with Crippen molar-refractivity contribution in [2.24, 2.45) is 5.92 Å². The van der Waals surface area contributed by atoms with E-state index in [-0.39, 0.29) is 10.6 Å². The molecule has 0 saturated carbocycles. The summed E-state index contributed by atoms with van der Waals surface area (Å²) in [5, 5.41) is 17.0. The molecule has 0 aliphatic carbocycles. The van der Waals surface area contributed by atoms with Crippen LogP contribution in [0.2, 0.25) is 0 Å². The van der Waals surface area contributed by atoms with E-state index >= 15 is 0 Å². The molecule has 0 saturated heterocycles. The van der Waals surface area contributed by atoms with Crippen LogP contribution in [0.5, 0.6) is 0 Å². The van der Waals surface area contributed by atoms with Gasteiger partial charge in [-0.3, -0.25) is 10.1 Å². The van der Waals surface area contributed by atoms with Crippen molar-refractivity contribution >= 4 is 27.3 Å². The van der Waals surface area contributed by atoms with E-state index in [0.717, 1.165) is 6.54 Å². The Morgan fingerprint density at radius 1 is 1.47 bits per heavy atom. The Morgan fingerprint density at radius 3 is 2.76 bits per heavy atom. The number of nitro groups is 1. The summed E-state index contributed by atoms with van der Waals surface area (Å²) in [5.41, 5.74) is 0.650. The number of anilines is 1. The average Bonchev–Trinajstić information content (AvgIpc) is 2.27. The molecule has 0 fully saturated rings. The highest BCUT2D eigenvalue weighted by atomic mass is 79.9. The largest absolute Gasteiger partial charge is 0.379 e. The molecule has 0 amide bonds. The minimum absolute atomic E-state index is 0.0935. The van der Waals surface area contributed by atoms with Crippen LogP contribution >= 0.6 is 15.9 Å². The summed E-state index contributed by atoms with van der Waals surface area (Å²) >= 11 is 3.23. The number of benzene rings is 1. The first-order valence-corrected chi connectivity index (χ1v) is 6.16. The van der Waals surface area contributed by atoms with Crippen molar-refractivity contribution in [2.75, 3.05) is 25.5 Å². The van der Waals surface area contributed by atoms with Gasteiger partial charge in [-0.15, -0.1) is 0 Å². The van der Waals surface area contributed by atoms with Crippen LogP contribution < -0.4 is 10.6 Å². The van der Waals surface area contributed by atoms with E-state index in [1.54, 1.807) is 12.1 Å². The lowest BCUT2D eigenvalue weighted by atomic mass is 10.1. The number of hydrogen-bond donors (Lipinski definition) is 2. The quantitative estimate of drug-likeness (QED) is 0.626. The number of rotatable bonds is 6. The maximum absolute atomic E-state index is 10.9. The summed E-state index contributed by atoms with van der Waals surface area (Å²) in [7, 11) is 1.89. The van der Waals surface area contributed by atoms with Gasteiger partial charge in [-0.2, -0.15) is 0 Å². The van der Waals surface area contributed by atoms with Crippen molar-refractivity contribution in [3.8, 4) is 0 Å². The Hall–Kier alpha value is -1.14. The summed E-state index contributed by atoms with van der Waals surface area (Å²) < 4.78 is 0.707. The Labute approximate surface area is 109 Å². The van der Waals surface area contributed by atoms with E-state index < -0.39 is 0 Å². The Kier molecular flexibility index (Phi) is 5.37. The highest BCUT2D eigenvalue weighted by Crippen LogP contribution is 2.27. The molecule has 5 nitrogen and oxygen atoms in total. The Bertz CT molecular complexity index is 398. The molecular formula is C11H16BrN3O2. The highest BCUT2D eigenvalue weighted by molar-refractivity contribution is 9.10. The second-order valence-electron chi connectivity index (χ2n) is 3.96. The number of nitro benzene ring substituents is 1. The first-order chi connectivity index (χ1) is 8.04. The van der Waals surface area contributed by atoms with Gasteiger partial charge in [0, 0.05) is 17.1 Å². The van der Waals surface area contributed by atoms with Gasteiger partial charge in [0.15, 0.2) is 0 Å². The van der Waals surface area contributed by atoms with Crippen molar-refractivity contribution in [3.05, 3.63) is 32.8 Å². The Balaban J connectivity index is 2.73. The molecule has 0 aliphatic rings. The van der Waals surface area contributed by atoms with Crippen LogP contribution in [0.15, 0.2) is 22.7 Å². The lowest BCUT2D eigenvalue weighted by Crippen LogP contribution is -2.23. The molecule has 0 spiro atoms. The zero-order valence-electron chi connectivity index (χ0n) is 9.87. The zero-order valence-corrected chi connectivity index (χ0v) is 11.5. The van der Waals surface area contributed by atoms with Gasteiger partial charge in [0.25, 0.3) is 5.69 Å². The number of hydrogen-bond acceptors (Lipinski definition) is 4. The molecule has 1 atom stereocenters. The lowest BCUT2D eigenvalue weighted by molar-refractivity contribution is -0.384. The van der Waals surface area contributed by atoms with Gasteiger partial charge in [0.05, 0.1) is 4.92 Å². The first-order valence-electron chi connectivity index (χ1n) is 5.37. The molecule has 94 valence electrons. The average molecular weight is 302 g/mol. The fourth-order valence-corrected chi connectivity index (χ4v) is 1.86. The molecule has 0 heterocycles. The molecule has 0 radical (unpaired) electrons. The van der Waals surface area contributed by atoms with Crippen LogP contribution in [0.3, 0.4) is 0 Å². The van der Waals surface area contributed by atoms with Crippen molar-refractivity contribution < 1.29 is 4.92 Å². The number of nitrogens with one attached hydrogen (secondary N) is 2. The van der Waals surface area contributed by atoms with Gasteiger partial charge in [-0.1, -0.05) is 22.9 Å². The van der Waals surface area contributed by atoms with Gasteiger partial charge in [0.2, 0.25) is 0 Å². The fourth-order valence-electron chi connectivity index (χ4n) is 1.51. The second kappa shape index (κ2) is 6.56. The number of halogens is 1. The second-order valence-corrected chi connectivity index (χ2v) is 4.88. The summed E-state index contributed by atoms with van der Waals surface area (Å²) in [6.45, 7) is 3.65. The van der Waals surface area contributed by atoms with Crippen LogP contribution in [0, 0.1) is 16.0 Å². The Morgan fingerprint density at radius 2 is 2.18 bits per heavy atom. The fraction of sp³-hybridized carbons (Fsp3) is 0.455. The SMILES string of the molecule is CNCC(C)CNc1ccc(Br)cc1[N+](=O)[O-]. The standard InChI is InChI=1S/C11H16BrN3O2/c1-8(6-13-2)7-14-10-4-3-9(12)5-11(10)15(16)17/h3-5,8,13-14H,6-7H2,1-2H3. The molecule has 1 rings (SSSR count). The minimum atomic E-state index is -0.379. The van der Waals surface area contributed by atoms with Crippen LogP contribution in [0.1, 0.15) is 6.92 Å². The van der Waals surface area contributed by atoms with Gasteiger partial charge in [0.1, 0.15) is 5.69 Å². The van der Waals surface area contributed by atoms with Gasteiger partial charge < -0.3 is 10.6 Å². The maximum atomic E-state index is 10.9. The smallest absolute Gasteiger partial charge is 0.293 e. The van der Waals surface area contributed by atoms with Crippen LogP contribution in [0.25, 0.3) is 0 Å². The number of nitrogens with zero attached hydrogens (tertiary/aromatic N) is 1. The molecule has 0 bridgehead atoms. The van der Waals surface area contributed by atoms with E-state index in [2.05, 4.69) is 33.5 Å². The summed E-state index contributed by atoms with van der Waals surface area (Å²) in [5.74, 6) is 0.406. The normalized spacial score (nSPS) is 12.2. The zero-order chi connectivity index (χ0) is 12.8. The third-order valence-corrected chi connectivity index (χ3v) is 2.84. The lowest BCUT2D eigenvalue weighted by Gasteiger charge is -2.13. The molecular weight excluding hydrogens is 286 g/mol. The van der Waals surface area contributed by atoms with Crippen molar-refractivity contribution in [1.29, 1.82) is 0 Å². The van der Waals surface area contributed by atoms with Crippen LogP contribution in [-0.4, -0.2) is 25.1 Å². The van der Waals surface area contributed by atoms with Crippen LogP contribution in [0.4, 0.5) is 11.4 Å². The van der Waals surface area contributed by atoms with Crippen molar-refractivity contribution in [1.82, 2.24) is 5.32 Å². The summed E-state index contributed by atoms with van der Waals surface area (Å²) in [6.07, 6.45) is 0. The van der Waals surface area contributed by atoms with Gasteiger partial charge >= 0.3 is 0 Å². The molecule has 1 unspecified atom stereocenters. The molecule has 1 aromatic carbocycles. The molecule has 1 aromatic rings. The van der Waals surface area contributed by atoms with Crippen molar-refractivity contribution in [2.45, 2.75) is 6.92 Å². The highest BCUT2D eigenvalue weighted by Gasteiger charge is 2.14. The van der Waals surface area contributed by atoms with E-state index in [4.69, 9.17) is 0 Å². The third-order valence-electron chi connectivity index (χ3n) is 2.35. The van der Waals surface area contributed by atoms with E-state index in [1.165, 1.54) is 6.07 Å². The summed E-state index contributed by atoms with van der Waals surface area (Å²) in [6, 6.07) is 5.01. The molecule has 17 heavy (non-hydrogen) atoms. The van der Waals surface area contributed by atoms with E-state index in [9.17, 15) is 10.1 Å². The van der Waals surface area contributed by atoms with Crippen molar-refractivity contribution in [3.63, 3.8) is 0 Å². The molecule has 0 aliphatic heterocycles. The predicted octanol–water partition coefficient (Wildman–Crippen LogP) is 2.62. The molecule has 0 aromatic heterocycles. The monoisotopic (exact) mass is 301 g/mol. The summed E-state index contributed by atoms with van der Waals surface area (Å²) in [4.78, 5) is 10.5. The van der Waals surface area contributed by atoms with Gasteiger partial charge in [-0.25, -0.2) is 0 Å². The topological polar surface area (TPSA) is 67.2 Å². The molecule has 2 N–H and O–H groups in total. The van der Waals surface area contributed by atoms with Gasteiger partial charge in [-0.05, 0) is 31.6 Å². The predicted molar refractivity (Wildman–Crippen MR) is 72.4 cm³/mol. The van der Waals surface area contributed by atoms with E-state index in [0.29, 0.717) is 22.6 Å². The molecule has 6 heteroatoms. The van der Waals surface area contributed by atoms with Crippen LogP contribution in [-0.2, 0) is 0 Å². The first kappa shape index (κ1) is 13.9.